The van der Waals surface area contributed by atoms with Gasteiger partial charge in [-0.25, -0.2) is 9.98 Å². The summed E-state index contributed by atoms with van der Waals surface area (Å²) < 4.78 is 5.76. The van der Waals surface area contributed by atoms with Crippen LogP contribution in [0.5, 0.6) is 0 Å². The predicted octanol–water partition coefficient (Wildman–Crippen LogP) is 3.72. The number of nitrogens with two attached hydrogens (primary N) is 1. The lowest BCUT2D eigenvalue weighted by Gasteiger charge is -1.95. The van der Waals surface area contributed by atoms with Crippen molar-refractivity contribution in [3.05, 3.63) is 48.5 Å². The second-order valence-electron chi connectivity index (χ2n) is 4.27. The number of amidine groups is 1. The molecule has 100 valence electrons. The molecule has 0 spiro atoms. The molecule has 3 rings (SSSR count). The molecule has 0 fully saturated rings. The van der Waals surface area contributed by atoms with E-state index in [9.17, 15) is 0 Å². The highest BCUT2D eigenvalue weighted by molar-refractivity contribution is 6.28. The van der Waals surface area contributed by atoms with Crippen molar-refractivity contribution in [2.24, 2.45) is 10.7 Å². The third kappa shape index (κ3) is 2.51. The largest absolute Gasteiger partial charge is 0.436 e. The van der Waals surface area contributed by atoms with Crippen LogP contribution in [0.15, 0.2) is 57.9 Å². The number of hydrogen-bond donors (Lipinski definition) is 1. The van der Waals surface area contributed by atoms with E-state index in [1.54, 1.807) is 6.07 Å². The molecule has 0 unspecified atom stereocenters. The molecular weight excluding hydrogens is 274 g/mol. The molecule has 0 aliphatic rings. The van der Waals surface area contributed by atoms with Crippen LogP contribution in [0.4, 0.5) is 5.69 Å². The summed E-state index contributed by atoms with van der Waals surface area (Å²) in [6.07, 6.45) is 0. The number of aromatic nitrogens is 1. The van der Waals surface area contributed by atoms with Crippen LogP contribution in [0.3, 0.4) is 0 Å². The van der Waals surface area contributed by atoms with Crippen LogP contribution < -0.4 is 5.73 Å². The molecule has 0 atom stereocenters. The highest BCUT2D eigenvalue weighted by Gasteiger charge is 2.08. The van der Waals surface area contributed by atoms with Gasteiger partial charge in [0, 0.05) is 11.6 Å². The second-order valence-corrected chi connectivity index (χ2v) is 4.54. The number of fused-ring (bicyclic) bond motifs is 1. The summed E-state index contributed by atoms with van der Waals surface area (Å²) in [6, 6.07) is 15.2. The van der Waals surface area contributed by atoms with E-state index in [1.807, 2.05) is 42.5 Å². The van der Waals surface area contributed by atoms with Gasteiger partial charge in [-0.1, -0.05) is 18.2 Å². The molecule has 0 amide bonds. The van der Waals surface area contributed by atoms with Crippen molar-refractivity contribution >= 4 is 34.2 Å². The maximum Gasteiger partial charge on any atom is 0.227 e. The van der Waals surface area contributed by atoms with Crippen molar-refractivity contribution in [1.82, 2.24) is 4.98 Å². The number of oxazole rings is 1. The first kappa shape index (κ1) is 12.7. The first-order valence-corrected chi connectivity index (χ1v) is 6.65. The summed E-state index contributed by atoms with van der Waals surface area (Å²) in [5.74, 6) is 1.16. The Balaban J connectivity index is 2.04. The molecule has 0 aliphatic carbocycles. The van der Waals surface area contributed by atoms with Crippen LogP contribution >= 0.6 is 11.6 Å². The van der Waals surface area contributed by atoms with Gasteiger partial charge < -0.3 is 10.2 Å². The maximum atomic E-state index is 5.76. The normalized spacial score (nSPS) is 11.9. The van der Waals surface area contributed by atoms with E-state index in [0.717, 1.165) is 11.1 Å². The standard InChI is InChI=1S/C15H12ClN3O/c16-9-14(17)18-11-6-7-12-13(8-11)20-15(19-12)10-4-2-1-3-5-10/h1-8H,9H2,(H2,17,18). The van der Waals surface area contributed by atoms with E-state index in [2.05, 4.69) is 9.98 Å². The van der Waals surface area contributed by atoms with Gasteiger partial charge in [0.1, 0.15) is 11.4 Å². The third-order valence-electron chi connectivity index (χ3n) is 2.80. The fraction of sp³-hybridized carbons (Fsp3) is 0.0667. The number of hydrogen-bond acceptors (Lipinski definition) is 3. The number of benzene rings is 2. The van der Waals surface area contributed by atoms with Gasteiger partial charge in [-0.05, 0) is 24.3 Å². The molecule has 4 nitrogen and oxygen atoms in total. The number of nitrogens with zero attached hydrogens (tertiary/aromatic N) is 2. The molecule has 20 heavy (non-hydrogen) atoms. The molecule has 3 aromatic rings. The van der Waals surface area contributed by atoms with Crippen molar-refractivity contribution in [1.29, 1.82) is 0 Å². The molecular formula is C15H12ClN3O. The Labute approximate surface area is 120 Å². The Bertz CT molecular complexity index is 765. The van der Waals surface area contributed by atoms with Crippen molar-refractivity contribution in [2.75, 3.05) is 5.88 Å². The lowest BCUT2D eigenvalue weighted by Crippen LogP contribution is -2.12. The fourth-order valence-electron chi connectivity index (χ4n) is 1.88. The quantitative estimate of drug-likeness (QED) is 0.453. The lowest BCUT2D eigenvalue weighted by atomic mass is 10.2. The zero-order valence-corrected chi connectivity index (χ0v) is 11.3. The monoisotopic (exact) mass is 285 g/mol. The van der Waals surface area contributed by atoms with Crippen LogP contribution in [0.2, 0.25) is 0 Å². The van der Waals surface area contributed by atoms with Gasteiger partial charge in [0.25, 0.3) is 0 Å². The molecule has 1 aromatic heterocycles. The van der Waals surface area contributed by atoms with Gasteiger partial charge in [-0.3, -0.25) is 0 Å². The van der Waals surface area contributed by atoms with Crippen LogP contribution in [0.1, 0.15) is 0 Å². The van der Waals surface area contributed by atoms with Crippen molar-refractivity contribution in [3.63, 3.8) is 0 Å². The molecule has 0 aliphatic heterocycles. The number of rotatable bonds is 3. The summed E-state index contributed by atoms with van der Waals surface area (Å²) in [4.78, 5) is 8.64. The van der Waals surface area contributed by atoms with E-state index in [-0.39, 0.29) is 5.88 Å². The van der Waals surface area contributed by atoms with E-state index in [0.29, 0.717) is 23.0 Å². The Morgan fingerprint density at radius 2 is 2.00 bits per heavy atom. The summed E-state index contributed by atoms with van der Waals surface area (Å²) >= 11 is 5.61. The lowest BCUT2D eigenvalue weighted by molar-refractivity contribution is 0.620. The van der Waals surface area contributed by atoms with Gasteiger partial charge >= 0.3 is 0 Å². The average Bonchev–Trinajstić information content (AvgIpc) is 2.91. The maximum absolute atomic E-state index is 5.76. The van der Waals surface area contributed by atoms with Gasteiger partial charge in [0.15, 0.2) is 5.58 Å². The van der Waals surface area contributed by atoms with Crippen LogP contribution in [-0.2, 0) is 0 Å². The Morgan fingerprint density at radius 1 is 1.20 bits per heavy atom. The molecule has 1 heterocycles. The molecule has 0 bridgehead atoms. The van der Waals surface area contributed by atoms with Gasteiger partial charge in [-0.15, -0.1) is 11.6 Å². The zero-order valence-electron chi connectivity index (χ0n) is 10.6. The molecule has 0 radical (unpaired) electrons. The van der Waals surface area contributed by atoms with Crippen LogP contribution in [0, 0.1) is 0 Å². The van der Waals surface area contributed by atoms with E-state index in [1.165, 1.54) is 0 Å². The number of halogens is 1. The predicted molar refractivity (Wildman–Crippen MR) is 81.4 cm³/mol. The van der Waals surface area contributed by atoms with E-state index in [4.69, 9.17) is 21.8 Å². The third-order valence-corrected chi connectivity index (χ3v) is 3.08. The van der Waals surface area contributed by atoms with Crippen LogP contribution in [-0.4, -0.2) is 16.7 Å². The fourth-order valence-corrected chi connectivity index (χ4v) is 1.94. The summed E-state index contributed by atoms with van der Waals surface area (Å²) in [7, 11) is 0. The summed E-state index contributed by atoms with van der Waals surface area (Å²) in [5.41, 5.74) is 8.71. The van der Waals surface area contributed by atoms with E-state index >= 15 is 0 Å². The number of aliphatic imine (C=N–C) groups is 1. The minimum absolute atomic E-state index is 0.198. The SMILES string of the molecule is NC(CCl)=Nc1ccc2nc(-c3ccccc3)oc2c1. The smallest absolute Gasteiger partial charge is 0.227 e. The zero-order chi connectivity index (χ0) is 13.9. The van der Waals surface area contributed by atoms with Crippen molar-refractivity contribution in [3.8, 4) is 11.5 Å². The first-order valence-electron chi connectivity index (χ1n) is 6.11. The topological polar surface area (TPSA) is 64.4 Å². The average molecular weight is 286 g/mol. The minimum Gasteiger partial charge on any atom is -0.436 e. The highest BCUT2D eigenvalue weighted by atomic mass is 35.5. The van der Waals surface area contributed by atoms with Gasteiger partial charge in [-0.2, -0.15) is 0 Å². The van der Waals surface area contributed by atoms with Crippen molar-refractivity contribution < 1.29 is 4.42 Å². The molecule has 0 saturated heterocycles. The second kappa shape index (κ2) is 5.35. The van der Waals surface area contributed by atoms with E-state index < -0.39 is 0 Å². The molecule has 2 N–H and O–H groups in total. The molecule has 0 saturated carbocycles. The van der Waals surface area contributed by atoms with Crippen LogP contribution in [0.25, 0.3) is 22.6 Å². The summed E-state index contributed by atoms with van der Waals surface area (Å²) in [6.45, 7) is 0. The Kier molecular flexibility index (Phi) is 3.39. The Hall–Kier alpha value is -2.33. The summed E-state index contributed by atoms with van der Waals surface area (Å²) in [5, 5.41) is 0. The number of alkyl halides is 1. The van der Waals surface area contributed by atoms with Gasteiger partial charge in [0.05, 0.1) is 11.6 Å². The highest BCUT2D eigenvalue weighted by Crippen LogP contribution is 2.27. The Morgan fingerprint density at radius 3 is 2.75 bits per heavy atom. The van der Waals surface area contributed by atoms with Crippen molar-refractivity contribution in [2.45, 2.75) is 0 Å². The molecule has 5 heteroatoms. The minimum atomic E-state index is 0.198. The van der Waals surface area contributed by atoms with Gasteiger partial charge in [0.2, 0.25) is 5.89 Å². The first-order chi connectivity index (χ1) is 9.76. The molecule has 2 aromatic carbocycles.